The normalized spacial score (nSPS) is 20.2. The van der Waals surface area contributed by atoms with Gasteiger partial charge in [-0.25, -0.2) is 13.1 Å². The number of hydrogen-bond donors (Lipinski definition) is 3. The summed E-state index contributed by atoms with van der Waals surface area (Å²) in [6.07, 6.45) is 1.89. The van der Waals surface area contributed by atoms with E-state index >= 15 is 0 Å². The first-order chi connectivity index (χ1) is 11.9. The van der Waals surface area contributed by atoms with Gasteiger partial charge in [-0.1, -0.05) is 18.2 Å². The summed E-state index contributed by atoms with van der Waals surface area (Å²) in [7, 11) is -1.46. The molecule has 0 saturated heterocycles. The molecule has 0 aliphatic carbocycles. The highest BCUT2D eigenvalue weighted by atomic mass is 32.3. The molecule has 4 nitrogen and oxygen atoms in total. The second-order valence-corrected chi connectivity index (χ2v) is 8.31. The maximum Gasteiger partial charge on any atom is 0.151 e. The summed E-state index contributed by atoms with van der Waals surface area (Å²) in [5.41, 5.74) is 1.46. The van der Waals surface area contributed by atoms with Crippen LogP contribution in [0.5, 0.6) is 0 Å². The molecule has 0 aromatic heterocycles. The number of rotatable bonds is 5. The minimum absolute atomic E-state index is 0.0211. The number of fused-ring (bicyclic) bond motifs is 1. The second-order valence-electron chi connectivity index (χ2n) is 6.15. The lowest BCUT2D eigenvalue weighted by Crippen LogP contribution is -2.38. The van der Waals surface area contributed by atoms with E-state index in [1.807, 2.05) is 19.2 Å². The van der Waals surface area contributed by atoms with Gasteiger partial charge in [0.05, 0.1) is 16.6 Å². The highest BCUT2D eigenvalue weighted by Gasteiger charge is 2.40. The molecule has 25 heavy (non-hydrogen) atoms. The van der Waals surface area contributed by atoms with E-state index in [2.05, 4.69) is 5.32 Å². The lowest BCUT2D eigenvalue weighted by molar-refractivity contribution is 0.453. The fourth-order valence-electron chi connectivity index (χ4n) is 3.22. The number of nitrogens with zero attached hydrogens (tertiary/aromatic N) is 1. The van der Waals surface area contributed by atoms with E-state index in [1.54, 1.807) is 12.1 Å². The van der Waals surface area contributed by atoms with Gasteiger partial charge in [-0.15, -0.1) is 10.8 Å². The fraction of sp³-hybridized carbons (Fsp3) is 0.333. The predicted molar refractivity (Wildman–Crippen MR) is 98.4 cm³/mol. The highest BCUT2D eigenvalue weighted by molar-refractivity contribution is 8.26. The van der Waals surface area contributed by atoms with Crippen LogP contribution in [0.3, 0.4) is 0 Å². The Morgan fingerprint density at radius 1 is 1.16 bits per heavy atom. The summed E-state index contributed by atoms with van der Waals surface area (Å²) >= 11 is 0. The van der Waals surface area contributed by atoms with Crippen molar-refractivity contribution in [3.63, 3.8) is 0 Å². The molecule has 0 unspecified atom stereocenters. The number of para-hydroxylation sites is 1. The van der Waals surface area contributed by atoms with Crippen molar-refractivity contribution in [3.8, 4) is 0 Å². The molecule has 2 aromatic carbocycles. The zero-order chi connectivity index (χ0) is 18.0. The molecule has 136 valence electrons. The molecule has 1 aliphatic heterocycles. The molecule has 0 bridgehead atoms. The SMILES string of the molecule is CNCCC[C@@H]1Cc2ccccc2N(c2ccc(F)cc2F)S1(O)O. The van der Waals surface area contributed by atoms with E-state index in [0.717, 1.165) is 30.7 Å². The summed E-state index contributed by atoms with van der Waals surface area (Å²) in [4.78, 5) is 0. The molecule has 3 N–H and O–H groups in total. The van der Waals surface area contributed by atoms with E-state index in [1.165, 1.54) is 10.4 Å². The van der Waals surface area contributed by atoms with Gasteiger partial charge in [0, 0.05) is 6.07 Å². The number of halogens is 2. The minimum Gasteiger partial charge on any atom is -0.320 e. The van der Waals surface area contributed by atoms with Gasteiger partial charge < -0.3 is 5.32 Å². The first-order valence-corrected chi connectivity index (χ1v) is 9.76. The molecule has 1 heterocycles. The van der Waals surface area contributed by atoms with Gasteiger partial charge in [0.15, 0.2) is 5.82 Å². The number of anilines is 2. The zero-order valence-electron chi connectivity index (χ0n) is 14.0. The zero-order valence-corrected chi connectivity index (χ0v) is 14.8. The van der Waals surface area contributed by atoms with Crippen molar-refractivity contribution in [3.05, 3.63) is 59.7 Å². The Balaban J connectivity index is 2.06. The number of hydrogen-bond acceptors (Lipinski definition) is 4. The monoisotopic (exact) mass is 368 g/mol. The van der Waals surface area contributed by atoms with E-state index < -0.39 is 27.7 Å². The van der Waals surface area contributed by atoms with E-state index in [9.17, 15) is 17.9 Å². The molecule has 3 rings (SSSR count). The van der Waals surface area contributed by atoms with Crippen molar-refractivity contribution < 1.29 is 17.9 Å². The molecule has 1 aliphatic rings. The van der Waals surface area contributed by atoms with Crippen LogP contribution in [0.15, 0.2) is 42.5 Å². The predicted octanol–water partition coefficient (Wildman–Crippen LogP) is 4.69. The van der Waals surface area contributed by atoms with Gasteiger partial charge >= 0.3 is 0 Å². The van der Waals surface area contributed by atoms with Gasteiger partial charge in [-0.3, -0.25) is 9.11 Å². The highest BCUT2D eigenvalue weighted by Crippen LogP contribution is 2.60. The molecule has 2 aromatic rings. The summed E-state index contributed by atoms with van der Waals surface area (Å²) in [5.74, 6) is -1.51. The van der Waals surface area contributed by atoms with Crippen LogP contribution in [0.4, 0.5) is 20.2 Å². The van der Waals surface area contributed by atoms with Crippen LogP contribution in [0.1, 0.15) is 18.4 Å². The van der Waals surface area contributed by atoms with Crippen molar-refractivity contribution in [1.29, 1.82) is 0 Å². The summed E-state index contributed by atoms with van der Waals surface area (Å²) < 4.78 is 50.9. The molecular formula is C18H22F2N2O2S. The Kier molecular flexibility index (Phi) is 5.29. The lowest BCUT2D eigenvalue weighted by Gasteiger charge is -2.53. The Morgan fingerprint density at radius 3 is 2.64 bits per heavy atom. The standard InChI is InChI=1S/C18H22F2N2O2S/c1-21-10-4-6-15-11-13-5-2-3-7-17(13)22(25(15,23)24)18-9-8-14(19)12-16(18)20/h2-3,5,7-9,12,15,21,23-24H,4,6,10-11H2,1H3/t15-/m1/s1. The fourth-order valence-corrected chi connectivity index (χ4v) is 5.31. The van der Waals surface area contributed by atoms with Gasteiger partial charge in [0.1, 0.15) is 5.82 Å². The molecule has 0 radical (unpaired) electrons. The van der Waals surface area contributed by atoms with Gasteiger partial charge in [0.25, 0.3) is 0 Å². The second kappa shape index (κ2) is 7.29. The van der Waals surface area contributed by atoms with Crippen molar-refractivity contribution in [2.45, 2.75) is 24.5 Å². The molecule has 0 saturated carbocycles. The Hall–Kier alpha value is -1.67. The van der Waals surface area contributed by atoms with Crippen LogP contribution >= 0.6 is 10.8 Å². The van der Waals surface area contributed by atoms with Crippen molar-refractivity contribution >= 4 is 22.2 Å². The summed E-state index contributed by atoms with van der Waals surface area (Å²) in [5, 5.41) is 2.63. The van der Waals surface area contributed by atoms with Crippen LogP contribution in [-0.4, -0.2) is 27.9 Å². The van der Waals surface area contributed by atoms with Crippen molar-refractivity contribution in [1.82, 2.24) is 5.32 Å². The molecule has 7 heteroatoms. The molecule has 1 atom stereocenters. The van der Waals surface area contributed by atoms with E-state index in [0.29, 0.717) is 18.5 Å². The largest absolute Gasteiger partial charge is 0.320 e. The number of benzene rings is 2. The van der Waals surface area contributed by atoms with E-state index in [-0.39, 0.29) is 5.69 Å². The topological polar surface area (TPSA) is 55.7 Å². The first kappa shape index (κ1) is 18.1. The maximum absolute atomic E-state index is 14.4. The van der Waals surface area contributed by atoms with Gasteiger partial charge in [-0.05, 0) is 56.6 Å². The smallest absolute Gasteiger partial charge is 0.151 e. The third-order valence-corrected chi connectivity index (χ3v) is 6.68. The quantitative estimate of drug-likeness (QED) is 0.670. The Morgan fingerprint density at radius 2 is 1.92 bits per heavy atom. The average Bonchev–Trinajstić information content (AvgIpc) is 2.57. The first-order valence-electron chi connectivity index (χ1n) is 8.20. The minimum atomic E-state index is -3.30. The maximum atomic E-state index is 14.4. The van der Waals surface area contributed by atoms with Gasteiger partial charge in [-0.2, -0.15) is 0 Å². The lowest BCUT2D eigenvalue weighted by atomic mass is 10.0. The van der Waals surface area contributed by atoms with Crippen LogP contribution in [0.25, 0.3) is 0 Å². The molecule has 0 spiro atoms. The third kappa shape index (κ3) is 3.50. The van der Waals surface area contributed by atoms with Crippen LogP contribution in [0.2, 0.25) is 0 Å². The summed E-state index contributed by atoms with van der Waals surface area (Å²) in [6, 6.07) is 10.4. The van der Waals surface area contributed by atoms with Crippen LogP contribution in [0, 0.1) is 11.6 Å². The van der Waals surface area contributed by atoms with Crippen LogP contribution in [-0.2, 0) is 6.42 Å². The number of nitrogens with one attached hydrogen (secondary N) is 1. The van der Waals surface area contributed by atoms with Gasteiger partial charge in [0.2, 0.25) is 0 Å². The van der Waals surface area contributed by atoms with Crippen LogP contribution < -0.4 is 9.62 Å². The molecule has 0 amide bonds. The molecule has 0 fully saturated rings. The molecular weight excluding hydrogens is 346 g/mol. The van der Waals surface area contributed by atoms with Crippen molar-refractivity contribution in [2.75, 3.05) is 17.9 Å². The Bertz CT molecular complexity index is 758. The average molecular weight is 368 g/mol. The summed E-state index contributed by atoms with van der Waals surface area (Å²) in [6.45, 7) is 0.762. The third-order valence-electron chi connectivity index (χ3n) is 4.46. The Labute approximate surface area is 148 Å². The van der Waals surface area contributed by atoms with E-state index in [4.69, 9.17) is 0 Å². The van der Waals surface area contributed by atoms with Crippen molar-refractivity contribution in [2.24, 2.45) is 0 Å².